The van der Waals surface area contributed by atoms with Gasteiger partial charge in [0.15, 0.2) is 0 Å². The molecular formula is C16H30NO8P. The molecule has 26 heavy (non-hydrogen) atoms. The number of methoxy groups -OCH3 is 1. The third kappa shape index (κ3) is 10.5. The van der Waals surface area contributed by atoms with Crippen molar-refractivity contribution in [3.05, 3.63) is 0 Å². The maximum Gasteiger partial charge on any atom is 0.408 e. The molecule has 10 heteroatoms. The average Bonchev–Trinajstić information content (AvgIpc) is 2.49. The lowest BCUT2D eigenvalue weighted by atomic mass is 10.1. The number of esters is 1. The Morgan fingerprint density at radius 3 is 2.04 bits per heavy atom. The summed E-state index contributed by atoms with van der Waals surface area (Å²) >= 11 is 0. The minimum absolute atomic E-state index is 0.0248. The van der Waals surface area contributed by atoms with Crippen LogP contribution in [-0.4, -0.2) is 56.0 Å². The van der Waals surface area contributed by atoms with E-state index in [1.807, 2.05) is 0 Å². The zero-order valence-corrected chi connectivity index (χ0v) is 17.2. The normalized spacial score (nSPS) is 13.0. The summed E-state index contributed by atoms with van der Waals surface area (Å²) in [5.41, 5.74) is -0.734. The second-order valence-electron chi connectivity index (χ2n) is 6.40. The topological polar surface area (TPSA) is 117 Å². The van der Waals surface area contributed by atoms with Crippen LogP contribution in [0.3, 0.4) is 0 Å². The summed E-state index contributed by atoms with van der Waals surface area (Å²) in [6.45, 7) is 8.64. The minimum Gasteiger partial charge on any atom is -0.467 e. The monoisotopic (exact) mass is 395 g/mol. The Kier molecular flexibility index (Phi) is 10.7. The Hall–Kier alpha value is -1.44. The Morgan fingerprint density at radius 2 is 1.62 bits per heavy atom. The molecule has 0 rings (SSSR count). The highest BCUT2D eigenvalue weighted by Gasteiger charge is 2.30. The molecule has 0 bridgehead atoms. The molecule has 0 aliphatic rings. The standard InChI is InChI=1S/C16H30NO8P/c1-7-23-26(21,24-8-2)11-12(18)9-10-13(14(19)22-6)17-15(20)25-16(3,4)5/h13H,7-11H2,1-6H3,(H,17,20)/t13-/m0/s1. The van der Waals surface area contributed by atoms with Crippen LogP contribution in [0.15, 0.2) is 0 Å². The van der Waals surface area contributed by atoms with Gasteiger partial charge in [-0.2, -0.15) is 0 Å². The van der Waals surface area contributed by atoms with E-state index in [-0.39, 0.29) is 26.1 Å². The van der Waals surface area contributed by atoms with E-state index in [4.69, 9.17) is 13.8 Å². The molecule has 0 aromatic rings. The highest BCUT2D eigenvalue weighted by Crippen LogP contribution is 2.48. The quantitative estimate of drug-likeness (QED) is 0.419. The van der Waals surface area contributed by atoms with E-state index in [2.05, 4.69) is 10.1 Å². The summed E-state index contributed by atoms with van der Waals surface area (Å²) < 4.78 is 32.2. The predicted molar refractivity (Wildman–Crippen MR) is 95.1 cm³/mol. The fourth-order valence-corrected chi connectivity index (χ4v) is 3.60. The van der Waals surface area contributed by atoms with Gasteiger partial charge in [0.2, 0.25) is 0 Å². The van der Waals surface area contributed by atoms with Gasteiger partial charge >= 0.3 is 19.7 Å². The van der Waals surface area contributed by atoms with Crippen molar-refractivity contribution in [3.8, 4) is 0 Å². The molecular weight excluding hydrogens is 365 g/mol. The fourth-order valence-electron chi connectivity index (χ4n) is 1.96. The van der Waals surface area contributed by atoms with Crippen LogP contribution >= 0.6 is 7.60 Å². The first kappa shape index (κ1) is 24.6. The fraction of sp³-hybridized carbons (Fsp3) is 0.812. The van der Waals surface area contributed by atoms with Gasteiger partial charge in [-0.1, -0.05) is 0 Å². The van der Waals surface area contributed by atoms with Crippen molar-refractivity contribution in [1.29, 1.82) is 0 Å². The Labute approximate surface area is 154 Å². The van der Waals surface area contributed by atoms with Crippen molar-refractivity contribution >= 4 is 25.4 Å². The van der Waals surface area contributed by atoms with Crippen molar-refractivity contribution in [2.45, 2.75) is 59.1 Å². The van der Waals surface area contributed by atoms with Gasteiger partial charge in [0.1, 0.15) is 23.6 Å². The highest BCUT2D eigenvalue weighted by molar-refractivity contribution is 7.54. The maximum absolute atomic E-state index is 12.3. The number of Topliss-reactive ketones (excluding diaryl/α,β-unsaturated/α-hetero) is 1. The van der Waals surface area contributed by atoms with Crippen LogP contribution in [0.1, 0.15) is 47.5 Å². The van der Waals surface area contributed by atoms with E-state index in [0.29, 0.717) is 0 Å². The third-order valence-corrected chi connectivity index (χ3v) is 4.95. The molecule has 0 aliphatic carbocycles. The van der Waals surface area contributed by atoms with Crippen LogP contribution in [0.25, 0.3) is 0 Å². The number of hydrogen-bond donors (Lipinski definition) is 1. The first-order chi connectivity index (χ1) is 12.0. The van der Waals surface area contributed by atoms with Gasteiger partial charge in [0.05, 0.1) is 20.3 Å². The smallest absolute Gasteiger partial charge is 0.408 e. The molecule has 0 aromatic carbocycles. The largest absolute Gasteiger partial charge is 0.467 e. The van der Waals surface area contributed by atoms with E-state index in [0.717, 1.165) is 0 Å². The molecule has 0 heterocycles. The van der Waals surface area contributed by atoms with E-state index in [9.17, 15) is 18.9 Å². The van der Waals surface area contributed by atoms with Crippen LogP contribution in [0.2, 0.25) is 0 Å². The Balaban J connectivity index is 4.78. The number of ether oxygens (including phenoxy) is 2. The molecule has 0 radical (unpaired) electrons. The van der Waals surface area contributed by atoms with Crippen molar-refractivity contribution < 1.29 is 37.5 Å². The summed E-state index contributed by atoms with van der Waals surface area (Å²) in [4.78, 5) is 35.7. The molecule has 0 aromatic heterocycles. The number of carbonyl (C=O) groups is 3. The molecule has 9 nitrogen and oxygen atoms in total. The number of amides is 1. The molecule has 0 fully saturated rings. The molecule has 152 valence electrons. The summed E-state index contributed by atoms with van der Waals surface area (Å²) in [6, 6.07) is -1.06. The SMILES string of the molecule is CCOP(=O)(CC(=O)CC[C@H](NC(=O)OC(C)(C)C)C(=O)OC)OCC. The molecule has 1 N–H and O–H groups in total. The van der Waals surface area contributed by atoms with Gasteiger partial charge in [0, 0.05) is 6.42 Å². The van der Waals surface area contributed by atoms with Gasteiger partial charge < -0.3 is 23.8 Å². The van der Waals surface area contributed by atoms with Gasteiger partial charge in [-0.3, -0.25) is 9.36 Å². The van der Waals surface area contributed by atoms with E-state index >= 15 is 0 Å². The van der Waals surface area contributed by atoms with Crippen molar-refractivity contribution in [2.75, 3.05) is 26.5 Å². The van der Waals surface area contributed by atoms with Crippen molar-refractivity contribution in [3.63, 3.8) is 0 Å². The summed E-state index contributed by atoms with van der Waals surface area (Å²) in [7, 11) is -2.33. The second kappa shape index (κ2) is 11.3. The summed E-state index contributed by atoms with van der Waals surface area (Å²) in [5, 5.41) is 2.37. The zero-order chi connectivity index (χ0) is 20.4. The van der Waals surface area contributed by atoms with E-state index in [1.165, 1.54) is 7.11 Å². The summed E-state index contributed by atoms with van der Waals surface area (Å²) in [5.74, 6) is -1.11. The molecule has 1 amide bonds. The summed E-state index contributed by atoms with van der Waals surface area (Å²) in [6.07, 6.45) is -1.33. The zero-order valence-electron chi connectivity index (χ0n) is 16.3. The maximum atomic E-state index is 12.3. The van der Waals surface area contributed by atoms with Crippen molar-refractivity contribution in [1.82, 2.24) is 5.32 Å². The molecule has 0 saturated carbocycles. The minimum atomic E-state index is -3.50. The lowest BCUT2D eigenvalue weighted by Crippen LogP contribution is -2.44. The van der Waals surface area contributed by atoms with Crippen LogP contribution in [0.5, 0.6) is 0 Å². The second-order valence-corrected chi connectivity index (χ2v) is 8.46. The number of rotatable bonds is 11. The van der Waals surface area contributed by atoms with Crippen LogP contribution in [-0.2, 0) is 32.7 Å². The van der Waals surface area contributed by atoms with Gasteiger partial charge in [-0.25, -0.2) is 9.59 Å². The van der Waals surface area contributed by atoms with E-state index < -0.39 is 43.2 Å². The van der Waals surface area contributed by atoms with E-state index in [1.54, 1.807) is 34.6 Å². The third-order valence-electron chi connectivity index (χ3n) is 2.91. The average molecular weight is 395 g/mol. The predicted octanol–water partition coefficient (Wildman–Crippen LogP) is 2.67. The van der Waals surface area contributed by atoms with Gasteiger partial charge in [-0.15, -0.1) is 0 Å². The molecule has 0 spiro atoms. The van der Waals surface area contributed by atoms with Gasteiger partial charge in [-0.05, 0) is 41.0 Å². The molecule has 1 atom stereocenters. The first-order valence-corrected chi connectivity index (χ1v) is 10.2. The van der Waals surface area contributed by atoms with Crippen LogP contribution in [0.4, 0.5) is 4.79 Å². The van der Waals surface area contributed by atoms with Crippen LogP contribution in [0, 0.1) is 0 Å². The number of alkyl carbamates (subject to hydrolysis) is 1. The number of carbonyl (C=O) groups excluding carboxylic acids is 3. The highest BCUT2D eigenvalue weighted by atomic mass is 31.2. The Morgan fingerprint density at radius 1 is 1.08 bits per heavy atom. The first-order valence-electron chi connectivity index (χ1n) is 8.43. The molecule has 0 saturated heterocycles. The number of ketones is 1. The molecule has 0 unspecified atom stereocenters. The lowest BCUT2D eigenvalue weighted by Gasteiger charge is -2.22. The number of nitrogens with one attached hydrogen (secondary N) is 1. The van der Waals surface area contributed by atoms with Crippen molar-refractivity contribution in [2.24, 2.45) is 0 Å². The Bertz CT molecular complexity index is 519. The number of hydrogen-bond acceptors (Lipinski definition) is 8. The van der Waals surface area contributed by atoms with Crippen LogP contribution < -0.4 is 5.32 Å². The lowest BCUT2D eigenvalue weighted by molar-refractivity contribution is -0.143. The van der Waals surface area contributed by atoms with Gasteiger partial charge in [0.25, 0.3) is 0 Å². The molecule has 0 aliphatic heterocycles.